The van der Waals surface area contributed by atoms with Crippen LogP contribution in [-0.2, 0) is 30.4 Å². The third kappa shape index (κ3) is 8.91. The lowest BCUT2D eigenvalue weighted by Crippen LogP contribution is -2.58. The summed E-state index contributed by atoms with van der Waals surface area (Å²) in [7, 11) is 0. The minimum atomic E-state index is -1.59. The normalized spacial score (nSPS) is 14.5. The van der Waals surface area contributed by atoms with E-state index in [9.17, 15) is 24.0 Å². The van der Waals surface area contributed by atoms with Crippen molar-refractivity contribution in [2.45, 2.75) is 43.4 Å². The molecule has 0 saturated carbocycles. The van der Waals surface area contributed by atoms with Gasteiger partial charge in [-0.15, -0.1) is 0 Å². The van der Waals surface area contributed by atoms with E-state index in [0.29, 0.717) is 5.69 Å². The van der Waals surface area contributed by atoms with Crippen molar-refractivity contribution < 1.29 is 34.2 Å². The molecule has 0 saturated heterocycles. The largest absolute Gasteiger partial charge is 0.480 e. The number of H-pyrrole nitrogens is 1. The topological polar surface area (TPSA) is 243 Å². The van der Waals surface area contributed by atoms with Gasteiger partial charge in [-0.1, -0.05) is 0 Å². The zero-order valence-corrected chi connectivity index (χ0v) is 17.9. The van der Waals surface area contributed by atoms with Gasteiger partial charge in [0.15, 0.2) is 0 Å². The van der Waals surface area contributed by atoms with Crippen LogP contribution in [0.4, 0.5) is 0 Å². The van der Waals surface area contributed by atoms with Gasteiger partial charge in [0.05, 0.1) is 19.0 Å². The van der Waals surface area contributed by atoms with Crippen LogP contribution in [0.1, 0.15) is 18.5 Å². The van der Waals surface area contributed by atoms with Crippen molar-refractivity contribution in [3.05, 3.63) is 18.2 Å². The lowest BCUT2D eigenvalue weighted by atomic mass is 10.1. The highest BCUT2D eigenvalue weighted by Gasteiger charge is 2.30. The minimum absolute atomic E-state index is 0.00141. The first-order valence-electron chi connectivity index (χ1n) is 9.45. The standard InChI is InChI=1S/C17H27N7O7S/c18-9(6-32)14(27)22-10(1-2-13(19)26)15(28)23-11(3-8-4-20-7-21-8)16(29)24-12(5-25)17(30)31/h4,7,9-12,25,32H,1-3,5-6,18H2,(H2,19,26)(H,20,21)(H,22,27)(H,23,28)(H,24,29)(H,30,31). The number of nitrogens with zero attached hydrogens (tertiary/aromatic N) is 1. The number of nitrogens with one attached hydrogen (secondary N) is 4. The first kappa shape index (κ1) is 26.9. The van der Waals surface area contributed by atoms with Crippen molar-refractivity contribution in [3.8, 4) is 0 Å². The molecule has 4 atom stereocenters. The van der Waals surface area contributed by atoms with Crippen molar-refractivity contribution in [1.82, 2.24) is 25.9 Å². The number of hydrogen-bond acceptors (Lipinski definition) is 9. The summed E-state index contributed by atoms with van der Waals surface area (Å²) < 4.78 is 0. The molecule has 0 radical (unpaired) electrons. The lowest BCUT2D eigenvalue weighted by molar-refractivity contribution is -0.143. The molecule has 0 aliphatic carbocycles. The van der Waals surface area contributed by atoms with Crippen LogP contribution in [0.3, 0.4) is 0 Å². The van der Waals surface area contributed by atoms with Crippen molar-refractivity contribution >= 4 is 42.2 Å². The van der Waals surface area contributed by atoms with Crippen molar-refractivity contribution in [2.24, 2.45) is 11.5 Å². The van der Waals surface area contributed by atoms with E-state index in [1.807, 2.05) is 0 Å². The van der Waals surface area contributed by atoms with E-state index in [1.165, 1.54) is 12.5 Å². The highest BCUT2D eigenvalue weighted by atomic mass is 32.1. The van der Waals surface area contributed by atoms with Crippen LogP contribution in [0.2, 0.25) is 0 Å². The Kier molecular flexibility index (Phi) is 11.2. The van der Waals surface area contributed by atoms with E-state index < -0.39 is 60.4 Å². The van der Waals surface area contributed by atoms with Gasteiger partial charge in [-0.25, -0.2) is 9.78 Å². The van der Waals surface area contributed by atoms with Crippen LogP contribution >= 0.6 is 12.6 Å². The molecule has 10 N–H and O–H groups in total. The molecule has 1 aromatic rings. The molecule has 0 aliphatic rings. The predicted octanol–water partition coefficient (Wildman–Crippen LogP) is -3.99. The number of rotatable bonds is 14. The van der Waals surface area contributed by atoms with E-state index in [2.05, 4.69) is 38.5 Å². The highest BCUT2D eigenvalue weighted by Crippen LogP contribution is 2.04. The maximum atomic E-state index is 12.8. The number of carboxylic acids is 1. The van der Waals surface area contributed by atoms with Gasteiger partial charge in [0.25, 0.3) is 0 Å². The molecule has 14 nitrogen and oxygen atoms in total. The van der Waals surface area contributed by atoms with Crippen molar-refractivity contribution in [1.29, 1.82) is 0 Å². The average molecular weight is 474 g/mol. The molecule has 4 amide bonds. The molecule has 4 unspecified atom stereocenters. The fraction of sp³-hybridized carbons (Fsp3) is 0.529. The van der Waals surface area contributed by atoms with E-state index in [0.717, 1.165) is 0 Å². The van der Waals surface area contributed by atoms with Crippen LogP contribution < -0.4 is 27.4 Å². The summed E-state index contributed by atoms with van der Waals surface area (Å²) in [5, 5.41) is 25.1. The minimum Gasteiger partial charge on any atom is -0.480 e. The second kappa shape index (κ2) is 13.3. The van der Waals surface area contributed by atoms with Gasteiger partial charge < -0.3 is 42.6 Å². The number of aromatic nitrogens is 2. The summed E-state index contributed by atoms with van der Waals surface area (Å²) >= 11 is 3.91. The van der Waals surface area contributed by atoms with Crippen molar-refractivity contribution in [3.63, 3.8) is 0 Å². The first-order chi connectivity index (χ1) is 15.1. The third-order valence-corrected chi connectivity index (χ3v) is 4.65. The van der Waals surface area contributed by atoms with Gasteiger partial charge in [-0.3, -0.25) is 19.2 Å². The number of thiol groups is 1. The number of hydrogen-bond donors (Lipinski definition) is 9. The molecule has 1 heterocycles. The number of nitrogens with two attached hydrogens (primary N) is 2. The van der Waals surface area contributed by atoms with Crippen LogP contribution in [-0.4, -0.2) is 86.3 Å². The number of amides is 4. The zero-order valence-electron chi connectivity index (χ0n) is 17.0. The number of primary amides is 1. The number of aromatic amines is 1. The molecule has 32 heavy (non-hydrogen) atoms. The van der Waals surface area contributed by atoms with Crippen LogP contribution in [0.5, 0.6) is 0 Å². The molecule has 178 valence electrons. The number of carboxylic acid groups (broad SMARTS) is 1. The van der Waals surface area contributed by atoms with Gasteiger partial charge in [-0.05, 0) is 6.42 Å². The summed E-state index contributed by atoms with van der Waals surface area (Å²) in [6.07, 6.45) is 2.22. The number of aliphatic carboxylic acids is 1. The fourth-order valence-electron chi connectivity index (χ4n) is 2.47. The Morgan fingerprint density at radius 3 is 2.16 bits per heavy atom. The maximum Gasteiger partial charge on any atom is 0.328 e. The predicted molar refractivity (Wildman–Crippen MR) is 113 cm³/mol. The summed E-state index contributed by atoms with van der Waals surface area (Å²) in [5.41, 5.74) is 11.2. The number of aliphatic hydroxyl groups excluding tert-OH is 1. The van der Waals surface area contributed by atoms with Gasteiger partial charge in [0.2, 0.25) is 23.6 Å². The summed E-state index contributed by atoms with van der Waals surface area (Å²) in [6.45, 7) is -0.870. The van der Waals surface area contributed by atoms with Gasteiger partial charge >= 0.3 is 5.97 Å². The number of carbonyl (C=O) groups is 5. The van der Waals surface area contributed by atoms with Crippen LogP contribution in [0.15, 0.2) is 12.5 Å². The SMILES string of the molecule is NC(=O)CCC(NC(=O)C(N)CS)C(=O)NC(Cc1cnc[nH]1)C(=O)NC(CO)C(=O)O. The van der Waals surface area contributed by atoms with E-state index in [-0.39, 0.29) is 25.0 Å². The Labute approximate surface area is 188 Å². The Hall–Kier alpha value is -3.17. The molecular weight excluding hydrogens is 446 g/mol. The second-order valence-electron chi connectivity index (χ2n) is 6.78. The summed E-state index contributed by atoms with van der Waals surface area (Å²) in [6, 6.07) is -5.18. The molecule has 0 spiro atoms. The van der Waals surface area contributed by atoms with E-state index in [1.54, 1.807) is 0 Å². The molecule has 0 aliphatic heterocycles. The highest BCUT2D eigenvalue weighted by molar-refractivity contribution is 7.80. The zero-order chi connectivity index (χ0) is 24.3. The molecule has 1 rings (SSSR count). The fourth-order valence-corrected chi connectivity index (χ4v) is 2.64. The Morgan fingerprint density at radius 2 is 1.66 bits per heavy atom. The smallest absolute Gasteiger partial charge is 0.328 e. The van der Waals surface area contributed by atoms with Gasteiger partial charge in [-0.2, -0.15) is 12.6 Å². The quantitative estimate of drug-likeness (QED) is 0.119. The van der Waals surface area contributed by atoms with Gasteiger partial charge in [0.1, 0.15) is 18.1 Å². The molecule has 0 bridgehead atoms. The first-order valence-corrected chi connectivity index (χ1v) is 10.1. The number of imidazole rings is 1. The van der Waals surface area contributed by atoms with Gasteiger partial charge in [0, 0.05) is 30.5 Å². The molecule has 15 heteroatoms. The molecule has 1 aromatic heterocycles. The molecule has 0 fully saturated rings. The Balaban J connectivity index is 3.03. The van der Waals surface area contributed by atoms with Crippen LogP contribution in [0, 0.1) is 0 Å². The molecular formula is C17H27N7O7S. The van der Waals surface area contributed by atoms with Crippen molar-refractivity contribution in [2.75, 3.05) is 12.4 Å². The maximum absolute atomic E-state index is 12.8. The Morgan fingerprint density at radius 1 is 1.06 bits per heavy atom. The number of aliphatic hydroxyl groups is 1. The third-order valence-electron chi connectivity index (χ3n) is 4.25. The lowest BCUT2D eigenvalue weighted by Gasteiger charge is -2.24. The monoisotopic (exact) mass is 473 g/mol. The molecule has 0 aromatic carbocycles. The second-order valence-corrected chi connectivity index (χ2v) is 7.14. The Bertz CT molecular complexity index is 805. The van der Waals surface area contributed by atoms with E-state index in [4.69, 9.17) is 21.7 Å². The summed E-state index contributed by atoms with van der Waals surface area (Å²) in [4.78, 5) is 66.4. The average Bonchev–Trinajstić information content (AvgIpc) is 3.25. The summed E-state index contributed by atoms with van der Waals surface area (Å²) in [5.74, 6) is -4.62. The van der Waals surface area contributed by atoms with Crippen LogP contribution in [0.25, 0.3) is 0 Å². The van der Waals surface area contributed by atoms with E-state index >= 15 is 0 Å². The number of carbonyl (C=O) groups excluding carboxylic acids is 4.